The third-order valence-electron chi connectivity index (χ3n) is 4.81. The van der Waals surface area contributed by atoms with Gasteiger partial charge in [0, 0.05) is 5.56 Å². The quantitative estimate of drug-likeness (QED) is 0.739. The molecule has 0 radical (unpaired) electrons. The van der Waals surface area contributed by atoms with Crippen LogP contribution in [0.1, 0.15) is 0 Å². The van der Waals surface area contributed by atoms with Crippen molar-refractivity contribution in [1.82, 2.24) is 4.98 Å². The number of benzene rings is 2. The van der Waals surface area contributed by atoms with Crippen molar-refractivity contribution in [1.29, 1.82) is 0 Å². The van der Waals surface area contributed by atoms with E-state index in [2.05, 4.69) is 12.0 Å². The molecule has 0 bridgehead atoms. The fourth-order valence-corrected chi connectivity index (χ4v) is 4.52. The summed E-state index contributed by atoms with van der Waals surface area (Å²) >= 11 is 0. The number of oxazole rings is 1. The summed E-state index contributed by atoms with van der Waals surface area (Å²) in [6.45, 7) is 3.30. The van der Waals surface area contributed by atoms with E-state index in [1.807, 2.05) is 35.2 Å². The Morgan fingerprint density at radius 1 is 0.963 bits per heavy atom. The predicted octanol–water partition coefficient (Wildman–Crippen LogP) is 1.51. The molecule has 0 atom stereocenters. The lowest BCUT2D eigenvalue weighted by Crippen LogP contribution is -3.12. The molecule has 1 saturated heterocycles. The van der Waals surface area contributed by atoms with Gasteiger partial charge >= 0.3 is 0 Å². The third-order valence-corrected chi connectivity index (χ3v) is 6.48. The molecule has 6 nitrogen and oxygen atoms in total. The van der Waals surface area contributed by atoms with E-state index >= 15 is 0 Å². The minimum atomic E-state index is -3.77. The van der Waals surface area contributed by atoms with Crippen molar-refractivity contribution in [2.24, 2.45) is 0 Å². The van der Waals surface area contributed by atoms with Crippen molar-refractivity contribution in [2.45, 2.75) is 9.92 Å². The van der Waals surface area contributed by atoms with E-state index in [1.54, 1.807) is 30.3 Å². The summed E-state index contributed by atoms with van der Waals surface area (Å²) < 4.78 is 32.5. The van der Waals surface area contributed by atoms with Gasteiger partial charge in [0.25, 0.3) is 0 Å². The van der Waals surface area contributed by atoms with Gasteiger partial charge in [0.2, 0.25) is 26.6 Å². The molecule has 1 aromatic heterocycles. The van der Waals surface area contributed by atoms with Crippen LogP contribution in [-0.2, 0) is 9.84 Å². The largest absolute Gasteiger partial charge is 0.419 e. The van der Waals surface area contributed by atoms with E-state index in [9.17, 15) is 8.42 Å². The summed E-state index contributed by atoms with van der Waals surface area (Å²) in [7, 11) is -1.64. The van der Waals surface area contributed by atoms with Gasteiger partial charge in [-0.3, -0.25) is 0 Å². The van der Waals surface area contributed by atoms with Gasteiger partial charge in [-0.1, -0.05) is 36.4 Å². The molecule has 1 aliphatic heterocycles. The molecule has 1 N–H and O–H groups in total. The molecular formula is C20H22N3O3S+. The normalized spacial score (nSPS) is 15.8. The summed E-state index contributed by atoms with van der Waals surface area (Å²) in [5, 5.41) is -0.00731. The highest BCUT2D eigenvalue weighted by Gasteiger charge is 2.33. The molecule has 0 unspecified atom stereocenters. The maximum Gasteiger partial charge on any atom is 0.236 e. The summed E-state index contributed by atoms with van der Waals surface area (Å²) in [6.07, 6.45) is 0. The van der Waals surface area contributed by atoms with Crippen LogP contribution in [0.2, 0.25) is 0 Å². The Morgan fingerprint density at radius 2 is 1.56 bits per heavy atom. The Kier molecular flexibility index (Phi) is 4.72. The number of hydrogen-bond donors (Lipinski definition) is 1. The molecule has 140 valence electrons. The van der Waals surface area contributed by atoms with Gasteiger partial charge < -0.3 is 14.2 Å². The molecule has 7 heteroatoms. The maximum atomic E-state index is 13.3. The highest BCUT2D eigenvalue weighted by molar-refractivity contribution is 7.91. The van der Waals surface area contributed by atoms with Gasteiger partial charge in [-0.05, 0) is 24.3 Å². The highest BCUT2D eigenvalue weighted by Crippen LogP contribution is 2.34. The molecule has 2 aromatic carbocycles. The molecule has 3 aromatic rings. The number of rotatable bonds is 4. The first-order chi connectivity index (χ1) is 13.1. The number of sulfone groups is 1. The zero-order chi connectivity index (χ0) is 18.9. The number of quaternary nitrogens is 1. The van der Waals surface area contributed by atoms with Crippen LogP contribution in [0, 0.1) is 0 Å². The monoisotopic (exact) mass is 384 g/mol. The van der Waals surface area contributed by atoms with Crippen molar-refractivity contribution in [3.63, 3.8) is 0 Å². The Balaban J connectivity index is 1.83. The lowest BCUT2D eigenvalue weighted by molar-refractivity contribution is -0.880. The maximum absolute atomic E-state index is 13.3. The Bertz CT molecular complexity index is 1010. The highest BCUT2D eigenvalue weighted by atomic mass is 32.2. The van der Waals surface area contributed by atoms with Crippen molar-refractivity contribution in [3.05, 3.63) is 60.7 Å². The number of hydrogen-bond acceptors (Lipinski definition) is 5. The topological polar surface area (TPSA) is 67.8 Å². The molecule has 0 amide bonds. The number of aromatic nitrogens is 1. The van der Waals surface area contributed by atoms with Gasteiger partial charge in [0.1, 0.15) is 0 Å². The van der Waals surface area contributed by atoms with Crippen molar-refractivity contribution in [2.75, 3.05) is 38.1 Å². The zero-order valence-electron chi connectivity index (χ0n) is 15.1. The average Bonchev–Trinajstić information content (AvgIpc) is 3.16. The lowest BCUT2D eigenvalue weighted by Gasteiger charge is -2.29. The molecule has 27 heavy (non-hydrogen) atoms. The minimum absolute atomic E-state index is 0.00731. The first-order valence-electron chi connectivity index (χ1n) is 8.98. The van der Waals surface area contributed by atoms with Crippen LogP contribution in [0.4, 0.5) is 5.88 Å². The molecule has 0 saturated carbocycles. The fourth-order valence-electron chi connectivity index (χ4n) is 3.18. The van der Waals surface area contributed by atoms with Crippen LogP contribution in [0.3, 0.4) is 0 Å². The van der Waals surface area contributed by atoms with E-state index in [0.717, 1.165) is 31.7 Å². The lowest BCUT2D eigenvalue weighted by atomic mass is 10.2. The Morgan fingerprint density at radius 3 is 2.19 bits per heavy atom. The molecule has 0 aliphatic carbocycles. The summed E-state index contributed by atoms with van der Waals surface area (Å²) in [4.78, 5) is 8.05. The van der Waals surface area contributed by atoms with Gasteiger partial charge in [-0.2, -0.15) is 4.98 Å². The van der Waals surface area contributed by atoms with E-state index in [0.29, 0.717) is 11.8 Å². The van der Waals surface area contributed by atoms with Gasteiger partial charge in [0.15, 0.2) is 0 Å². The SMILES string of the molecule is C[NH+]1CCN(c2oc(-c3ccccc3)nc2S(=O)(=O)c2ccccc2)CC1. The first kappa shape index (κ1) is 17.8. The Hall–Kier alpha value is -2.64. The second-order valence-corrected chi connectivity index (χ2v) is 8.62. The molecule has 1 aliphatic rings. The molecule has 4 rings (SSSR count). The number of likely N-dealkylation sites (N-methyl/N-ethyl adjacent to an activating group) is 1. The summed E-state index contributed by atoms with van der Waals surface area (Å²) in [6, 6.07) is 17.8. The second kappa shape index (κ2) is 7.17. The minimum Gasteiger partial charge on any atom is -0.419 e. The first-order valence-corrected chi connectivity index (χ1v) is 10.5. The fraction of sp³-hybridized carbons (Fsp3) is 0.250. The number of piperazine rings is 1. The van der Waals surface area contributed by atoms with Gasteiger partial charge in [0.05, 0.1) is 38.1 Å². The van der Waals surface area contributed by atoms with Crippen molar-refractivity contribution < 1.29 is 17.7 Å². The van der Waals surface area contributed by atoms with Crippen LogP contribution in [0.25, 0.3) is 11.5 Å². The molecule has 0 spiro atoms. The molecule has 1 fully saturated rings. The number of nitrogens with zero attached hydrogens (tertiary/aromatic N) is 2. The standard InChI is InChI=1S/C20H21N3O3S/c1-22-12-14-23(15-13-22)20-19(27(24,25)17-10-6-3-7-11-17)21-18(26-20)16-8-4-2-5-9-16/h2-11H,12-15H2,1H3/p+1. The predicted molar refractivity (Wildman–Crippen MR) is 103 cm³/mol. The Labute approximate surface area is 159 Å². The molecule has 2 heterocycles. The molecular weight excluding hydrogens is 362 g/mol. The number of anilines is 1. The summed E-state index contributed by atoms with van der Waals surface area (Å²) in [5.41, 5.74) is 0.757. The van der Waals surface area contributed by atoms with E-state index in [1.165, 1.54) is 4.90 Å². The van der Waals surface area contributed by atoms with Crippen molar-refractivity contribution >= 4 is 15.7 Å². The van der Waals surface area contributed by atoms with E-state index in [4.69, 9.17) is 4.42 Å². The van der Waals surface area contributed by atoms with Crippen LogP contribution in [0.15, 0.2) is 75.0 Å². The van der Waals surface area contributed by atoms with E-state index < -0.39 is 9.84 Å². The van der Waals surface area contributed by atoms with Crippen LogP contribution in [-0.4, -0.2) is 46.6 Å². The van der Waals surface area contributed by atoms with Crippen LogP contribution < -0.4 is 9.80 Å². The number of nitrogens with one attached hydrogen (secondary N) is 1. The zero-order valence-corrected chi connectivity index (χ0v) is 15.9. The van der Waals surface area contributed by atoms with Crippen molar-refractivity contribution in [3.8, 4) is 11.5 Å². The average molecular weight is 384 g/mol. The summed E-state index contributed by atoms with van der Waals surface area (Å²) in [5.74, 6) is 0.664. The smallest absolute Gasteiger partial charge is 0.236 e. The van der Waals surface area contributed by atoms with Gasteiger partial charge in [-0.25, -0.2) is 8.42 Å². The van der Waals surface area contributed by atoms with Crippen LogP contribution in [0.5, 0.6) is 0 Å². The van der Waals surface area contributed by atoms with Crippen LogP contribution >= 0.6 is 0 Å². The van der Waals surface area contributed by atoms with Gasteiger partial charge in [-0.15, -0.1) is 0 Å². The third kappa shape index (κ3) is 3.48. The van der Waals surface area contributed by atoms with E-state index in [-0.39, 0.29) is 9.92 Å². The second-order valence-electron chi connectivity index (χ2n) is 6.76.